The lowest BCUT2D eigenvalue weighted by molar-refractivity contribution is -0.130. The third-order valence-electron chi connectivity index (χ3n) is 4.91. The van der Waals surface area contributed by atoms with E-state index >= 15 is 0 Å². The molecule has 1 atom stereocenters. The molecule has 25 heavy (non-hydrogen) atoms. The number of nitrogens with zero attached hydrogens (tertiary/aromatic N) is 3. The van der Waals surface area contributed by atoms with Gasteiger partial charge in [-0.25, -0.2) is 0 Å². The molecule has 0 aromatic rings. The van der Waals surface area contributed by atoms with Gasteiger partial charge in [-0.3, -0.25) is 14.7 Å². The summed E-state index contributed by atoms with van der Waals surface area (Å²) in [6.45, 7) is 16.9. The summed E-state index contributed by atoms with van der Waals surface area (Å²) in [7, 11) is 0. The number of likely N-dealkylation sites (tertiary alicyclic amines) is 1. The SMILES string of the molecule is CCNC(=NCC(C(C)C)N1CCCC1)NCCC(=O)N(CC)CC. The molecule has 0 aromatic carbocycles. The Balaban J connectivity index is 2.53. The maximum Gasteiger partial charge on any atom is 0.224 e. The summed E-state index contributed by atoms with van der Waals surface area (Å²) in [5.74, 6) is 1.61. The molecule has 1 rings (SSSR count). The lowest BCUT2D eigenvalue weighted by Gasteiger charge is -2.29. The smallest absolute Gasteiger partial charge is 0.224 e. The Morgan fingerprint density at radius 1 is 1.12 bits per heavy atom. The van der Waals surface area contributed by atoms with Crippen LogP contribution >= 0.6 is 0 Å². The van der Waals surface area contributed by atoms with Gasteiger partial charge in [0.15, 0.2) is 5.96 Å². The van der Waals surface area contributed by atoms with E-state index < -0.39 is 0 Å². The third kappa shape index (κ3) is 7.63. The highest BCUT2D eigenvalue weighted by molar-refractivity contribution is 5.81. The Hall–Kier alpha value is -1.30. The fraction of sp³-hybridized carbons (Fsp3) is 0.895. The lowest BCUT2D eigenvalue weighted by Crippen LogP contribution is -2.43. The number of hydrogen-bond donors (Lipinski definition) is 2. The fourth-order valence-electron chi connectivity index (χ4n) is 3.37. The largest absolute Gasteiger partial charge is 0.357 e. The summed E-state index contributed by atoms with van der Waals surface area (Å²) in [6, 6.07) is 0.496. The molecule has 6 nitrogen and oxygen atoms in total. The molecule has 0 radical (unpaired) electrons. The van der Waals surface area contributed by atoms with Gasteiger partial charge in [0, 0.05) is 38.6 Å². The van der Waals surface area contributed by atoms with Crippen LogP contribution in [-0.2, 0) is 4.79 Å². The zero-order valence-corrected chi connectivity index (χ0v) is 17.0. The van der Waals surface area contributed by atoms with Crippen LogP contribution < -0.4 is 10.6 Å². The first kappa shape index (κ1) is 21.7. The maximum absolute atomic E-state index is 12.1. The molecule has 1 aliphatic rings. The molecule has 0 aliphatic carbocycles. The number of carbonyl (C=O) groups is 1. The highest BCUT2D eigenvalue weighted by atomic mass is 16.2. The van der Waals surface area contributed by atoms with Crippen molar-refractivity contribution < 1.29 is 4.79 Å². The summed E-state index contributed by atoms with van der Waals surface area (Å²) < 4.78 is 0. The second-order valence-corrected chi connectivity index (χ2v) is 7.02. The minimum Gasteiger partial charge on any atom is -0.357 e. The molecule has 2 N–H and O–H groups in total. The van der Waals surface area contributed by atoms with Gasteiger partial charge >= 0.3 is 0 Å². The first-order valence-electron chi connectivity index (χ1n) is 10.1. The Labute approximate surface area is 154 Å². The van der Waals surface area contributed by atoms with Crippen LogP contribution in [0.2, 0.25) is 0 Å². The Morgan fingerprint density at radius 3 is 2.28 bits per heavy atom. The van der Waals surface area contributed by atoms with E-state index in [2.05, 4.69) is 36.3 Å². The van der Waals surface area contributed by atoms with Gasteiger partial charge in [-0.1, -0.05) is 13.8 Å². The molecule has 1 unspecified atom stereocenters. The van der Waals surface area contributed by atoms with E-state index in [-0.39, 0.29) is 5.91 Å². The first-order chi connectivity index (χ1) is 12.0. The number of nitrogens with one attached hydrogen (secondary N) is 2. The summed E-state index contributed by atoms with van der Waals surface area (Å²) >= 11 is 0. The van der Waals surface area contributed by atoms with Gasteiger partial charge in [0.25, 0.3) is 0 Å². The summed E-state index contributed by atoms with van der Waals surface area (Å²) in [6.07, 6.45) is 3.11. The van der Waals surface area contributed by atoms with E-state index in [9.17, 15) is 4.79 Å². The molecule has 146 valence electrons. The van der Waals surface area contributed by atoms with Crippen molar-refractivity contribution in [2.24, 2.45) is 10.9 Å². The predicted molar refractivity (Wildman–Crippen MR) is 106 cm³/mol. The van der Waals surface area contributed by atoms with Crippen LogP contribution in [0.1, 0.15) is 53.9 Å². The van der Waals surface area contributed by atoms with Gasteiger partial charge < -0.3 is 15.5 Å². The Bertz CT molecular complexity index is 401. The fourth-order valence-corrected chi connectivity index (χ4v) is 3.37. The van der Waals surface area contributed by atoms with E-state index in [1.807, 2.05) is 18.7 Å². The van der Waals surface area contributed by atoms with Crippen molar-refractivity contribution >= 4 is 11.9 Å². The quantitative estimate of drug-likeness (QED) is 0.465. The molecule has 0 bridgehead atoms. The standard InChI is InChI=1S/C19H39N5O/c1-6-20-19(21-12-11-18(25)23(7-2)8-3)22-15-17(16(4)5)24-13-9-10-14-24/h16-17H,6-15H2,1-5H3,(H2,20,21,22). The second-order valence-electron chi connectivity index (χ2n) is 7.02. The van der Waals surface area contributed by atoms with Crippen molar-refractivity contribution in [2.75, 3.05) is 45.8 Å². The van der Waals surface area contributed by atoms with Crippen molar-refractivity contribution in [1.82, 2.24) is 20.4 Å². The molecule has 0 spiro atoms. The molecular weight excluding hydrogens is 314 g/mol. The molecule has 1 amide bonds. The van der Waals surface area contributed by atoms with Crippen LogP contribution in [0.5, 0.6) is 0 Å². The summed E-state index contributed by atoms with van der Waals surface area (Å²) in [5, 5.41) is 6.61. The highest BCUT2D eigenvalue weighted by Gasteiger charge is 2.24. The Kier molecular flexibility index (Phi) is 10.5. The van der Waals surface area contributed by atoms with Gasteiger partial charge in [0.1, 0.15) is 0 Å². The maximum atomic E-state index is 12.1. The molecule has 1 aliphatic heterocycles. The number of carbonyl (C=O) groups excluding carboxylic acids is 1. The van der Waals surface area contributed by atoms with Crippen molar-refractivity contribution in [1.29, 1.82) is 0 Å². The van der Waals surface area contributed by atoms with Gasteiger partial charge in [-0.2, -0.15) is 0 Å². The minimum atomic E-state index is 0.200. The van der Waals surface area contributed by atoms with Crippen LogP contribution in [0.15, 0.2) is 4.99 Å². The first-order valence-corrected chi connectivity index (χ1v) is 10.1. The van der Waals surface area contributed by atoms with Crippen LogP contribution in [0, 0.1) is 5.92 Å². The average Bonchev–Trinajstić information content (AvgIpc) is 3.10. The monoisotopic (exact) mass is 353 g/mol. The molecule has 0 aromatic heterocycles. The number of aliphatic imine (C=N–C) groups is 1. The zero-order chi connectivity index (χ0) is 18.7. The van der Waals surface area contributed by atoms with Crippen molar-refractivity contribution in [2.45, 2.75) is 59.9 Å². The molecule has 0 saturated carbocycles. The average molecular weight is 354 g/mol. The number of rotatable bonds is 10. The third-order valence-corrected chi connectivity index (χ3v) is 4.91. The molecule has 1 saturated heterocycles. The van der Waals surface area contributed by atoms with Crippen LogP contribution in [0.25, 0.3) is 0 Å². The Morgan fingerprint density at radius 2 is 1.76 bits per heavy atom. The van der Waals surface area contributed by atoms with E-state index in [4.69, 9.17) is 4.99 Å². The van der Waals surface area contributed by atoms with E-state index in [0.717, 1.165) is 32.1 Å². The molecule has 6 heteroatoms. The van der Waals surface area contributed by atoms with Crippen molar-refractivity contribution in [3.05, 3.63) is 0 Å². The van der Waals surface area contributed by atoms with E-state index in [0.29, 0.717) is 24.9 Å². The van der Waals surface area contributed by atoms with Crippen molar-refractivity contribution in [3.63, 3.8) is 0 Å². The van der Waals surface area contributed by atoms with Gasteiger partial charge in [-0.15, -0.1) is 0 Å². The second kappa shape index (κ2) is 12.1. The molecule has 1 heterocycles. The van der Waals surface area contributed by atoms with Crippen LogP contribution in [0.3, 0.4) is 0 Å². The summed E-state index contributed by atoms with van der Waals surface area (Å²) in [5.41, 5.74) is 0. The van der Waals surface area contributed by atoms with E-state index in [1.54, 1.807) is 0 Å². The van der Waals surface area contributed by atoms with Gasteiger partial charge in [0.05, 0.1) is 6.54 Å². The van der Waals surface area contributed by atoms with Gasteiger partial charge in [-0.05, 0) is 52.6 Å². The molecule has 1 fully saturated rings. The highest BCUT2D eigenvalue weighted by Crippen LogP contribution is 2.17. The van der Waals surface area contributed by atoms with Crippen LogP contribution in [-0.4, -0.2) is 73.5 Å². The van der Waals surface area contributed by atoms with Gasteiger partial charge in [0.2, 0.25) is 5.91 Å². The predicted octanol–water partition coefficient (Wildman–Crippen LogP) is 1.92. The number of guanidine groups is 1. The number of hydrogen-bond acceptors (Lipinski definition) is 3. The van der Waals surface area contributed by atoms with Crippen molar-refractivity contribution in [3.8, 4) is 0 Å². The summed E-state index contributed by atoms with van der Waals surface area (Å²) in [4.78, 5) is 21.3. The van der Waals surface area contributed by atoms with Crippen LogP contribution in [0.4, 0.5) is 0 Å². The lowest BCUT2D eigenvalue weighted by atomic mass is 10.0. The van der Waals surface area contributed by atoms with E-state index in [1.165, 1.54) is 25.9 Å². The number of amides is 1. The zero-order valence-electron chi connectivity index (χ0n) is 17.0. The minimum absolute atomic E-state index is 0.200. The normalized spacial score (nSPS) is 17.0. The topological polar surface area (TPSA) is 60.0 Å². The molecular formula is C19H39N5O.